The topological polar surface area (TPSA) is 81.0 Å². The molecule has 6 nitrogen and oxygen atoms in total. The van der Waals surface area contributed by atoms with E-state index in [1.165, 1.54) is 51.4 Å². The third-order valence-electron chi connectivity index (χ3n) is 4.99. The van der Waals surface area contributed by atoms with Gasteiger partial charge in [0.2, 0.25) is 0 Å². The predicted molar refractivity (Wildman–Crippen MR) is 122 cm³/mol. The summed E-state index contributed by atoms with van der Waals surface area (Å²) in [7, 11) is 0. The van der Waals surface area contributed by atoms with Gasteiger partial charge in [-0.15, -0.1) is 0 Å². The maximum Gasteiger partial charge on any atom is 0.200 e. The molecule has 29 heavy (non-hydrogen) atoms. The molecule has 1 saturated heterocycles. The zero-order valence-corrected chi connectivity index (χ0v) is 18.4. The van der Waals surface area contributed by atoms with Crippen molar-refractivity contribution in [1.82, 2.24) is 16.0 Å². The maximum absolute atomic E-state index is 9.39. The zero-order chi connectivity index (χ0) is 21.0. The van der Waals surface area contributed by atoms with Crippen LogP contribution in [0.1, 0.15) is 84.1 Å². The van der Waals surface area contributed by atoms with E-state index in [0.29, 0.717) is 12.5 Å². The van der Waals surface area contributed by atoms with Crippen LogP contribution in [0.3, 0.4) is 0 Å². The maximum atomic E-state index is 9.39. The number of nitrogens with one attached hydrogen (secondary N) is 3. The molecule has 0 spiro atoms. The van der Waals surface area contributed by atoms with Crippen LogP contribution in [0, 0.1) is 0 Å². The van der Waals surface area contributed by atoms with E-state index < -0.39 is 0 Å². The molecule has 0 unspecified atom stereocenters. The van der Waals surface area contributed by atoms with Crippen LogP contribution < -0.4 is 16.0 Å². The molecule has 1 heterocycles. The number of phenolic OH excluding ortho intramolecular Hbond substituents is 1. The first-order valence-corrected chi connectivity index (χ1v) is 11.2. The second-order valence-electron chi connectivity index (χ2n) is 8.39. The molecule has 4 N–H and O–H groups in total. The third-order valence-corrected chi connectivity index (χ3v) is 4.99. The van der Waals surface area contributed by atoms with Crippen molar-refractivity contribution < 1.29 is 5.11 Å². The number of nitrogens with zero attached hydrogens (tertiary/aromatic N) is 2. The summed E-state index contributed by atoms with van der Waals surface area (Å²) in [5.41, 5.74) is 0.736. The minimum Gasteiger partial charge on any atom is -0.508 e. The van der Waals surface area contributed by atoms with Crippen molar-refractivity contribution in [2.75, 3.05) is 6.54 Å². The lowest BCUT2D eigenvalue weighted by Crippen LogP contribution is -2.68. The highest BCUT2D eigenvalue weighted by Crippen LogP contribution is 2.11. The molecule has 6 heteroatoms. The van der Waals surface area contributed by atoms with E-state index in [1.54, 1.807) is 12.1 Å². The van der Waals surface area contributed by atoms with Crippen LogP contribution in [-0.4, -0.2) is 29.2 Å². The fraction of sp³-hybridized carbons (Fsp3) is 0.652. The monoisotopic (exact) mass is 401 g/mol. The van der Waals surface area contributed by atoms with Gasteiger partial charge in [-0.2, -0.15) is 0 Å². The highest BCUT2D eigenvalue weighted by Gasteiger charge is 2.26. The summed E-state index contributed by atoms with van der Waals surface area (Å²) in [5, 5.41) is 19.4. The lowest BCUT2D eigenvalue weighted by atomic mass is 10.1. The van der Waals surface area contributed by atoms with Gasteiger partial charge in [0.1, 0.15) is 11.4 Å². The van der Waals surface area contributed by atoms with Gasteiger partial charge in [0.05, 0.1) is 6.54 Å². The molecule has 0 saturated carbocycles. The minimum absolute atomic E-state index is 0.270. The summed E-state index contributed by atoms with van der Waals surface area (Å²) < 4.78 is 0. The number of hydrogen-bond acceptors (Lipinski definition) is 3. The molecule has 0 bridgehead atoms. The van der Waals surface area contributed by atoms with Crippen LogP contribution in [0.15, 0.2) is 34.3 Å². The Morgan fingerprint density at radius 2 is 1.34 bits per heavy atom. The summed E-state index contributed by atoms with van der Waals surface area (Å²) in [6, 6.07) is 7.12. The van der Waals surface area contributed by atoms with Crippen LogP contribution in [0.2, 0.25) is 0 Å². The predicted octanol–water partition coefficient (Wildman–Crippen LogP) is 4.65. The SMILES string of the molecule is CCCCCCCCCCCN=C1NC(=NCc2ccc(O)cc2)NC(C)(C)N1. The lowest BCUT2D eigenvalue weighted by molar-refractivity contribution is 0.403. The van der Waals surface area contributed by atoms with Crippen molar-refractivity contribution in [2.24, 2.45) is 9.98 Å². The summed E-state index contributed by atoms with van der Waals surface area (Å²) in [6.07, 6.45) is 11.9. The van der Waals surface area contributed by atoms with Gasteiger partial charge in [-0.25, -0.2) is 4.99 Å². The molecular weight excluding hydrogens is 362 g/mol. The number of aromatic hydroxyl groups is 1. The molecule has 1 aromatic rings. The second-order valence-corrected chi connectivity index (χ2v) is 8.39. The Bertz CT molecular complexity index is 652. The average molecular weight is 402 g/mol. The van der Waals surface area contributed by atoms with Crippen molar-refractivity contribution in [2.45, 2.75) is 90.8 Å². The summed E-state index contributed by atoms with van der Waals surface area (Å²) in [5.74, 6) is 1.76. The quantitative estimate of drug-likeness (QED) is 0.384. The van der Waals surface area contributed by atoms with E-state index >= 15 is 0 Å². The molecule has 0 aliphatic carbocycles. The molecule has 1 aliphatic heterocycles. The van der Waals surface area contributed by atoms with Crippen LogP contribution in [0.25, 0.3) is 0 Å². The van der Waals surface area contributed by atoms with E-state index in [1.807, 2.05) is 12.1 Å². The Morgan fingerprint density at radius 3 is 1.97 bits per heavy atom. The number of hydrogen-bond donors (Lipinski definition) is 4. The molecule has 0 aromatic heterocycles. The standard InChI is InChI=1S/C23H39N5O/c1-4-5-6-7-8-9-10-11-12-17-24-21-26-22(28-23(2,3)27-21)25-18-19-13-15-20(29)16-14-19/h13-16,29H,4-12,17-18H2,1-3H3,(H3,24,25,26,27,28). The van der Waals surface area contributed by atoms with Crippen molar-refractivity contribution >= 4 is 11.9 Å². The first-order valence-electron chi connectivity index (χ1n) is 11.2. The van der Waals surface area contributed by atoms with Crippen molar-refractivity contribution in [3.05, 3.63) is 29.8 Å². The van der Waals surface area contributed by atoms with Crippen LogP contribution >= 0.6 is 0 Å². The van der Waals surface area contributed by atoms with Gasteiger partial charge in [-0.3, -0.25) is 10.3 Å². The van der Waals surface area contributed by atoms with Crippen LogP contribution in [0.5, 0.6) is 5.75 Å². The van der Waals surface area contributed by atoms with Crippen LogP contribution in [-0.2, 0) is 6.54 Å². The first-order chi connectivity index (χ1) is 14.0. The van der Waals surface area contributed by atoms with Crippen molar-refractivity contribution in [3.8, 4) is 5.75 Å². The Balaban J connectivity index is 1.72. The lowest BCUT2D eigenvalue weighted by Gasteiger charge is -2.36. The Morgan fingerprint density at radius 1 is 0.793 bits per heavy atom. The van der Waals surface area contributed by atoms with Gasteiger partial charge in [0.15, 0.2) is 11.9 Å². The molecule has 1 aliphatic rings. The number of guanidine groups is 2. The van der Waals surface area contributed by atoms with Gasteiger partial charge in [0, 0.05) is 6.54 Å². The number of rotatable bonds is 12. The third kappa shape index (κ3) is 9.68. The number of phenols is 1. The molecule has 1 aromatic carbocycles. The van der Waals surface area contributed by atoms with Crippen LogP contribution in [0.4, 0.5) is 0 Å². The van der Waals surface area contributed by atoms with Gasteiger partial charge in [0.25, 0.3) is 0 Å². The molecular formula is C23H39N5O. The Hall–Kier alpha value is -2.24. The fourth-order valence-corrected chi connectivity index (χ4v) is 3.34. The number of benzene rings is 1. The van der Waals surface area contributed by atoms with E-state index in [-0.39, 0.29) is 11.4 Å². The molecule has 0 atom stereocenters. The summed E-state index contributed by atoms with van der Waals surface area (Å²) in [4.78, 5) is 9.31. The van der Waals surface area contributed by atoms with E-state index in [9.17, 15) is 5.11 Å². The first kappa shape index (κ1) is 23.0. The molecule has 2 rings (SSSR count). The van der Waals surface area contributed by atoms with Gasteiger partial charge >= 0.3 is 0 Å². The van der Waals surface area contributed by atoms with Gasteiger partial charge in [-0.1, -0.05) is 70.4 Å². The van der Waals surface area contributed by atoms with E-state index in [4.69, 9.17) is 4.99 Å². The minimum atomic E-state index is -0.309. The normalized spacial score (nSPS) is 18.3. The average Bonchev–Trinajstić information content (AvgIpc) is 2.68. The zero-order valence-electron chi connectivity index (χ0n) is 18.4. The summed E-state index contributed by atoms with van der Waals surface area (Å²) in [6.45, 7) is 7.76. The van der Waals surface area contributed by atoms with E-state index in [0.717, 1.165) is 24.5 Å². The van der Waals surface area contributed by atoms with Crippen molar-refractivity contribution in [1.29, 1.82) is 0 Å². The molecule has 1 fully saturated rings. The smallest absolute Gasteiger partial charge is 0.200 e. The highest BCUT2D eigenvalue weighted by molar-refractivity contribution is 6.01. The van der Waals surface area contributed by atoms with Gasteiger partial charge in [-0.05, 0) is 38.0 Å². The van der Waals surface area contributed by atoms with Crippen molar-refractivity contribution in [3.63, 3.8) is 0 Å². The Kier molecular flexibility index (Phi) is 9.81. The molecule has 162 valence electrons. The van der Waals surface area contributed by atoms with Gasteiger partial charge < -0.3 is 15.7 Å². The molecule has 0 amide bonds. The second kappa shape index (κ2) is 12.3. The Labute approximate surface area is 176 Å². The fourth-order valence-electron chi connectivity index (χ4n) is 3.34. The van der Waals surface area contributed by atoms with E-state index in [2.05, 4.69) is 41.7 Å². The highest BCUT2D eigenvalue weighted by atomic mass is 16.3. The number of aliphatic imine (C=N–C) groups is 2. The largest absolute Gasteiger partial charge is 0.508 e. The summed E-state index contributed by atoms with van der Waals surface area (Å²) >= 11 is 0. The molecule has 0 radical (unpaired) electrons. The number of unbranched alkanes of at least 4 members (excludes halogenated alkanes) is 8.